The molecule has 0 saturated carbocycles. The van der Waals surface area contributed by atoms with Gasteiger partial charge in [-0.05, 0) is 32.9 Å². The van der Waals surface area contributed by atoms with Crippen LogP contribution in [0.2, 0.25) is 5.02 Å². The van der Waals surface area contributed by atoms with Gasteiger partial charge in [0, 0.05) is 19.6 Å². The molecule has 0 aliphatic carbocycles. The highest BCUT2D eigenvalue weighted by atomic mass is 35.5. The number of ether oxygens (including phenoxy) is 1. The molecule has 1 saturated heterocycles. The average Bonchev–Trinajstić information content (AvgIpc) is 3.23. The standard InChI is InChI=1S/C22H24ClN9O2/c1-4-26-19-20-27-11-14(10-25)32(20)30-21(29-19)28-15-7-13(9-24)8-16(18(15)23)31-5-6-34-17(12-31)22(2,3)33/h7-8,11,17,33H,4-6,12H2,1-3H3,(H2,26,28,29,30). The maximum atomic E-state index is 10.4. The molecule has 3 heterocycles. The van der Waals surface area contributed by atoms with Gasteiger partial charge in [0.15, 0.2) is 17.2 Å². The third-order valence-corrected chi connectivity index (χ3v) is 5.84. The number of imidazole rings is 1. The first-order valence-corrected chi connectivity index (χ1v) is 11.1. The molecule has 1 aliphatic rings. The topological polar surface area (TPSA) is 147 Å². The Kier molecular flexibility index (Phi) is 6.44. The molecular formula is C22H24ClN9O2. The summed E-state index contributed by atoms with van der Waals surface area (Å²) in [5, 5.41) is 40.4. The molecule has 34 heavy (non-hydrogen) atoms. The zero-order chi connectivity index (χ0) is 24.5. The first kappa shape index (κ1) is 23.5. The lowest BCUT2D eigenvalue weighted by Crippen LogP contribution is -2.52. The molecule has 1 aromatic carbocycles. The molecule has 1 atom stereocenters. The second-order valence-electron chi connectivity index (χ2n) is 8.36. The summed E-state index contributed by atoms with van der Waals surface area (Å²) in [4.78, 5) is 10.7. The van der Waals surface area contributed by atoms with E-state index in [4.69, 9.17) is 16.3 Å². The van der Waals surface area contributed by atoms with Crippen molar-refractivity contribution in [1.82, 2.24) is 19.6 Å². The lowest BCUT2D eigenvalue weighted by molar-refractivity contribution is -0.0927. The minimum atomic E-state index is -1.03. The first-order valence-electron chi connectivity index (χ1n) is 10.7. The summed E-state index contributed by atoms with van der Waals surface area (Å²) in [6.07, 6.45) is 1.01. The van der Waals surface area contributed by atoms with Crippen LogP contribution in [0.25, 0.3) is 5.65 Å². The minimum absolute atomic E-state index is 0.178. The quantitative estimate of drug-likeness (QED) is 0.479. The predicted molar refractivity (Wildman–Crippen MR) is 127 cm³/mol. The fraction of sp³-hybridized carbons (Fsp3) is 0.409. The van der Waals surface area contributed by atoms with Gasteiger partial charge in [0.1, 0.15) is 12.2 Å². The summed E-state index contributed by atoms with van der Waals surface area (Å²) in [5.74, 6) is 0.632. The van der Waals surface area contributed by atoms with E-state index in [1.54, 1.807) is 26.0 Å². The van der Waals surface area contributed by atoms with Crippen molar-refractivity contribution in [1.29, 1.82) is 10.5 Å². The van der Waals surface area contributed by atoms with Gasteiger partial charge in [0.25, 0.3) is 0 Å². The van der Waals surface area contributed by atoms with Gasteiger partial charge in [-0.2, -0.15) is 20.0 Å². The molecule has 1 unspecified atom stereocenters. The number of aliphatic hydroxyl groups is 1. The Morgan fingerprint density at radius 2 is 2.12 bits per heavy atom. The van der Waals surface area contributed by atoms with Crippen LogP contribution in [0.4, 0.5) is 23.1 Å². The molecule has 0 bridgehead atoms. The molecule has 12 heteroatoms. The number of morpholine rings is 1. The van der Waals surface area contributed by atoms with E-state index in [-0.39, 0.29) is 11.6 Å². The van der Waals surface area contributed by atoms with E-state index in [1.807, 2.05) is 11.8 Å². The molecule has 0 amide bonds. The SMILES string of the molecule is CCNc1nc(Nc2cc(C#N)cc(N3CCOC(C(C)(C)O)C3)c2Cl)nn2c(C#N)cnc12. The van der Waals surface area contributed by atoms with E-state index in [1.165, 1.54) is 10.7 Å². The molecule has 4 rings (SSSR count). The lowest BCUT2D eigenvalue weighted by Gasteiger charge is -2.40. The largest absolute Gasteiger partial charge is 0.388 e. The summed E-state index contributed by atoms with van der Waals surface area (Å²) in [6.45, 7) is 7.27. The van der Waals surface area contributed by atoms with E-state index in [0.29, 0.717) is 59.7 Å². The molecule has 3 aromatic rings. The highest BCUT2D eigenvalue weighted by Crippen LogP contribution is 2.37. The van der Waals surface area contributed by atoms with Gasteiger partial charge >= 0.3 is 0 Å². The maximum absolute atomic E-state index is 10.4. The summed E-state index contributed by atoms with van der Waals surface area (Å²) >= 11 is 6.78. The van der Waals surface area contributed by atoms with Crippen LogP contribution in [0.15, 0.2) is 18.3 Å². The number of hydrogen-bond acceptors (Lipinski definition) is 10. The van der Waals surface area contributed by atoms with Gasteiger partial charge in [-0.15, -0.1) is 5.10 Å². The number of benzene rings is 1. The Hall–Kier alpha value is -3.64. The zero-order valence-electron chi connectivity index (χ0n) is 19.0. The monoisotopic (exact) mass is 481 g/mol. The molecular weight excluding hydrogens is 458 g/mol. The number of nitrogens with zero attached hydrogens (tertiary/aromatic N) is 7. The number of halogens is 1. The number of rotatable bonds is 6. The van der Waals surface area contributed by atoms with Crippen LogP contribution in [-0.4, -0.2) is 62.6 Å². The predicted octanol–water partition coefficient (Wildman–Crippen LogP) is 2.67. The Bertz CT molecular complexity index is 1300. The van der Waals surface area contributed by atoms with Crippen molar-refractivity contribution >= 4 is 40.4 Å². The number of aromatic nitrogens is 4. The van der Waals surface area contributed by atoms with Crippen molar-refractivity contribution in [3.63, 3.8) is 0 Å². The van der Waals surface area contributed by atoms with Crippen molar-refractivity contribution in [2.75, 3.05) is 41.8 Å². The van der Waals surface area contributed by atoms with Crippen LogP contribution in [0.1, 0.15) is 32.0 Å². The van der Waals surface area contributed by atoms with Crippen LogP contribution < -0.4 is 15.5 Å². The Morgan fingerprint density at radius 1 is 1.32 bits per heavy atom. The van der Waals surface area contributed by atoms with Crippen LogP contribution in [0.5, 0.6) is 0 Å². The van der Waals surface area contributed by atoms with Crippen LogP contribution in [0.3, 0.4) is 0 Å². The number of fused-ring (bicyclic) bond motifs is 1. The molecule has 1 fully saturated rings. The van der Waals surface area contributed by atoms with Crippen LogP contribution in [0, 0.1) is 22.7 Å². The second-order valence-corrected chi connectivity index (χ2v) is 8.74. The van der Waals surface area contributed by atoms with Gasteiger partial charge in [-0.25, -0.2) is 4.98 Å². The van der Waals surface area contributed by atoms with E-state index in [0.717, 1.165) is 0 Å². The summed E-state index contributed by atoms with van der Waals surface area (Å²) in [5.41, 5.74) is 1.10. The van der Waals surface area contributed by atoms with Gasteiger partial charge in [-0.3, -0.25) is 0 Å². The molecule has 2 aromatic heterocycles. The molecule has 3 N–H and O–H groups in total. The number of nitriles is 2. The number of anilines is 4. The minimum Gasteiger partial charge on any atom is -0.388 e. The molecule has 0 radical (unpaired) electrons. The average molecular weight is 482 g/mol. The van der Waals surface area contributed by atoms with Crippen molar-refractivity contribution in [2.24, 2.45) is 0 Å². The van der Waals surface area contributed by atoms with Crippen molar-refractivity contribution in [3.8, 4) is 12.1 Å². The van der Waals surface area contributed by atoms with Gasteiger partial charge in [-0.1, -0.05) is 11.6 Å². The Morgan fingerprint density at radius 3 is 2.79 bits per heavy atom. The number of nitrogens with one attached hydrogen (secondary N) is 2. The fourth-order valence-corrected chi connectivity index (χ4v) is 3.98. The highest BCUT2D eigenvalue weighted by molar-refractivity contribution is 6.36. The Balaban J connectivity index is 1.74. The number of hydrogen-bond donors (Lipinski definition) is 3. The zero-order valence-corrected chi connectivity index (χ0v) is 19.8. The molecule has 1 aliphatic heterocycles. The fourth-order valence-electron chi connectivity index (χ4n) is 3.71. The Labute approximate surface area is 201 Å². The van der Waals surface area contributed by atoms with Crippen molar-refractivity contribution < 1.29 is 9.84 Å². The van der Waals surface area contributed by atoms with Crippen molar-refractivity contribution in [2.45, 2.75) is 32.5 Å². The van der Waals surface area contributed by atoms with E-state index >= 15 is 0 Å². The lowest BCUT2D eigenvalue weighted by atomic mass is 10.00. The van der Waals surface area contributed by atoms with Gasteiger partial charge in [0.05, 0.1) is 46.4 Å². The second kappa shape index (κ2) is 9.31. The maximum Gasteiger partial charge on any atom is 0.247 e. The third-order valence-electron chi connectivity index (χ3n) is 5.44. The van der Waals surface area contributed by atoms with Crippen LogP contribution in [-0.2, 0) is 4.74 Å². The van der Waals surface area contributed by atoms with E-state index < -0.39 is 11.7 Å². The summed E-state index contributed by atoms with van der Waals surface area (Å²) < 4.78 is 7.13. The molecule has 0 spiro atoms. The molecule has 11 nitrogen and oxygen atoms in total. The normalized spacial score (nSPS) is 16.2. The smallest absolute Gasteiger partial charge is 0.247 e. The van der Waals surface area contributed by atoms with Gasteiger partial charge in [0.2, 0.25) is 5.95 Å². The molecule has 176 valence electrons. The summed E-state index contributed by atoms with van der Waals surface area (Å²) in [7, 11) is 0. The third kappa shape index (κ3) is 4.54. The van der Waals surface area contributed by atoms with Gasteiger partial charge < -0.3 is 25.4 Å². The van der Waals surface area contributed by atoms with Crippen molar-refractivity contribution in [3.05, 3.63) is 34.6 Å². The van der Waals surface area contributed by atoms with E-state index in [2.05, 4.69) is 37.8 Å². The highest BCUT2D eigenvalue weighted by Gasteiger charge is 2.33. The summed E-state index contributed by atoms with van der Waals surface area (Å²) in [6, 6.07) is 7.53. The van der Waals surface area contributed by atoms with E-state index in [9.17, 15) is 15.6 Å². The first-order chi connectivity index (χ1) is 16.2. The van der Waals surface area contributed by atoms with Crippen LogP contribution >= 0.6 is 11.6 Å².